The second-order valence-electron chi connectivity index (χ2n) is 3.95. The van der Waals surface area contributed by atoms with E-state index < -0.39 is 31.3 Å². The predicted octanol–water partition coefficient (Wildman–Crippen LogP) is 2.99. The maximum absolute atomic E-state index is 14.0. The monoisotopic (exact) mass is 358 g/mol. The third kappa shape index (κ3) is 5.43. The number of carbonyl (C=O) groups is 1. The van der Waals surface area contributed by atoms with Gasteiger partial charge in [-0.15, -0.1) is 0 Å². The standard InChI is InChI=1S/C12H13Cl2FO5S/c1-2-3-19-4-5-20-12(16)9-6-8(13)7-10(11(9)15)21(14,17)18/h6-7H,2-5H2,1H3. The molecule has 21 heavy (non-hydrogen) atoms. The summed E-state index contributed by atoms with van der Waals surface area (Å²) in [6.07, 6.45) is 0.813. The van der Waals surface area contributed by atoms with E-state index in [0.717, 1.165) is 18.6 Å². The van der Waals surface area contributed by atoms with Gasteiger partial charge in [0.2, 0.25) is 0 Å². The van der Waals surface area contributed by atoms with E-state index in [-0.39, 0.29) is 18.2 Å². The summed E-state index contributed by atoms with van der Waals surface area (Å²) in [7, 11) is 0.711. The van der Waals surface area contributed by atoms with Crippen LogP contribution in [0.2, 0.25) is 5.02 Å². The van der Waals surface area contributed by atoms with E-state index in [1.165, 1.54) is 0 Å². The Hall–Kier alpha value is -0.890. The molecule has 1 aromatic rings. The fourth-order valence-electron chi connectivity index (χ4n) is 1.41. The highest BCUT2D eigenvalue weighted by atomic mass is 35.7. The molecule has 118 valence electrons. The van der Waals surface area contributed by atoms with Crippen LogP contribution < -0.4 is 0 Å². The summed E-state index contributed by atoms with van der Waals surface area (Å²) in [5.74, 6) is -2.34. The van der Waals surface area contributed by atoms with E-state index in [9.17, 15) is 17.6 Å². The van der Waals surface area contributed by atoms with Gasteiger partial charge in [0.25, 0.3) is 9.05 Å². The van der Waals surface area contributed by atoms with Crippen molar-refractivity contribution in [2.75, 3.05) is 19.8 Å². The zero-order valence-corrected chi connectivity index (χ0v) is 13.4. The second-order valence-corrected chi connectivity index (χ2v) is 6.92. The number of benzene rings is 1. The van der Waals surface area contributed by atoms with Crippen LogP contribution in [-0.4, -0.2) is 34.2 Å². The van der Waals surface area contributed by atoms with Crippen molar-refractivity contribution in [1.29, 1.82) is 0 Å². The molecule has 0 unspecified atom stereocenters. The highest BCUT2D eigenvalue weighted by Gasteiger charge is 2.24. The van der Waals surface area contributed by atoms with Gasteiger partial charge >= 0.3 is 5.97 Å². The Bertz CT molecular complexity index is 618. The lowest BCUT2D eigenvalue weighted by molar-refractivity contribution is 0.0313. The van der Waals surface area contributed by atoms with Crippen molar-refractivity contribution in [2.45, 2.75) is 18.2 Å². The molecule has 0 atom stereocenters. The summed E-state index contributed by atoms with van der Waals surface area (Å²) < 4.78 is 46.3. The van der Waals surface area contributed by atoms with Gasteiger partial charge in [-0.3, -0.25) is 0 Å². The van der Waals surface area contributed by atoms with E-state index in [2.05, 4.69) is 0 Å². The van der Waals surface area contributed by atoms with Crippen LogP contribution in [0.15, 0.2) is 17.0 Å². The number of hydrogen-bond donors (Lipinski definition) is 0. The number of rotatable bonds is 7. The normalized spacial score (nSPS) is 11.4. The van der Waals surface area contributed by atoms with Crippen LogP contribution in [0.1, 0.15) is 23.7 Å². The minimum absolute atomic E-state index is 0.0895. The Balaban J connectivity index is 2.88. The summed E-state index contributed by atoms with van der Waals surface area (Å²) in [6, 6.07) is 1.79. The molecule has 0 aliphatic rings. The molecular weight excluding hydrogens is 346 g/mol. The number of hydrogen-bond acceptors (Lipinski definition) is 5. The average Bonchev–Trinajstić information content (AvgIpc) is 2.39. The van der Waals surface area contributed by atoms with Crippen molar-refractivity contribution in [2.24, 2.45) is 0 Å². The van der Waals surface area contributed by atoms with Crippen molar-refractivity contribution >= 4 is 37.3 Å². The molecule has 0 spiro atoms. The van der Waals surface area contributed by atoms with Gasteiger partial charge in [0, 0.05) is 22.3 Å². The van der Waals surface area contributed by atoms with Crippen molar-refractivity contribution in [3.05, 3.63) is 28.5 Å². The summed E-state index contributed by atoms with van der Waals surface area (Å²) in [4.78, 5) is 10.8. The smallest absolute Gasteiger partial charge is 0.341 e. The largest absolute Gasteiger partial charge is 0.460 e. The van der Waals surface area contributed by atoms with Gasteiger partial charge in [-0.1, -0.05) is 18.5 Å². The Kier molecular flexibility index (Phi) is 6.86. The zero-order chi connectivity index (χ0) is 16.0. The molecule has 1 rings (SSSR count). The van der Waals surface area contributed by atoms with E-state index in [1.807, 2.05) is 6.92 Å². The molecule has 0 saturated carbocycles. The molecule has 0 N–H and O–H groups in total. The van der Waals surface area contributed by atoms with Gasteiger partial charge in [0.05, 0.1) is 12.2 Å². The van der Waals surface area contributed by atoms with Crippen LogP contribution in [0.4, 0.5) is 4.39 Å². The van der Waals surface area contributed by atoms with Crippen LogP contribution >= 0.6 is 22.3 Å². The molecule has 0 heterocycles. The molecule has 1 aromatic carbocycles. The first-order chi connectivity index (χ1) is 9.77. The SMILES string of the molecule is CCCOCCOC(=O)c1cc(Cl)cc(S(=O)(=O)Cl)c1F. The molecule has 0 amide bonds. The van der Waals surface area contributed by atoms with E-state index in [1.54, 1.807) is 0 Å². The maximum Gasteiger partial charge on any atom is 0.341 e. The molecule has 0 aromatic heterocycles. The van der Waals surface area contributed by atoms with Crippen molar-refractivity contribution < 1.29 is 27.1 Å². The average molecular weight is 359 g/mol. The lowest BCUT2D eigenvalue weighted by atomic mass is 10.2. The maximum atomic E-state index is 14.0. The first-order valence-electron chi connectivity index (χ1n) is 5.96. The van der Waals surface area contributed by atoms with Crippen molar-refractivity contribution in [3.63, 3.8) is 0 Å². The van der Waals surface area contributed by atoms with Gasteiger partial charge in [-0.25, -0.2) is 17.6 Å². The molecule has 9 heteroatoms. The van der Waals surface area contributed by atoms with Crippen LogP contribution in [-0.2, 0) is 18.5 Å². The first kappa shape index (κ1) is 18.2. The number of ether oxygens (including phenoxy) is 2. The summed E-state index contributed by atoms with van der Waals surface area (Å²) >= 11 is 5.65. The van der Waals surface area contributed by atoms with Crippen LogP contribution in [0, 0.1) is 5.82 Å². The van der Waals surface area contributed by atoms with Crippen LogP contribution in [0.3, 0.4) is 0 Å². The fraction of sp³-hybridized carbons (Fsp3) is 0.417. The Morgan fingerprint density at radius 3 is 2.52 bits per heavy atom. The van der Waals surface area contributed by atoms with Gasteiger partial charge in [-0.2, -0.15) is 0 Å². The van der Waals surface area contributed by atoms with E-state index in [0.29, 0.717) is 6.61 Å². The summed E-state index contributed by atoms with van der Waals surface area (Å²) in [6.45, 7) is 2.50. The Morgan fingerprint density at radius 2 is 1.95 bits per heavy atom. The first-order valence-corrected chi connectivity index (χ1v) is 8.64. The number of carbonyl (C=O) groups excluding carboxylic acids is 1. The van der Waals surface area contributed by atoms with Crippen LogP contribution in [0.25, 0.3) is 0 Å². The predicted molar refractivity (Wildman–Crippen MR) is 75.8 cm³/mol. The molecule has 5 nitrogen and oxygen atoms in total. The highest BCUT2D eigenvalue weighted by molar-refractivity contribution is 8.13. The molecule has 0 bridgehead atoms. The molecule has 0 aliphatic heterocycles. The van der Waals surface area contributed by atoms with Gasteiger partial charge < -0.3 is 9.47 Å². The van der Waals surface area contributed by atoms with Gasteiger partial charge in [0.1, 0.15) is 11.5 Å². The van der Waals surface area contributed by atoms with Gasteiger partial charge in [0.15, 0.2) is 5.82 Å². The third-order valence-electron chi connectivity index (χ3n) is 2.30. The van der Waals surface area contributed by atoms with Crippen LogP contribution in [0.5, 0.6) is 0 Å². The molecule has 0 saturated heterocycles. The molecule has 0 radical (unpaired) electrons. The zero-order valence-electron chi connectivity index (χ0n) is 11.1. The molecule has 0 aliphatic carbocycles. The summed E-state index contributed by atoms with van der Waals surface area (Å²) in [5.41, 5.74) is -0.600. The highest BCUT2D eigenvalue weighted by Crippen LogP contribution is 2.26. The van der Waals surface area contributed by atoms with Crippen molar-refractivity contribution in [1.82, 2.24) is 0 Å². The second kappa shape index (κ2) is 7.93. The quantitative estimate of drug-likeness (QED) is 0.425. The Labute approximate surface area is 131 Å². The lowest BCUT2D eigenvalue weighted by Gasteiger charge is -2.08. The van der Waals surface area contributed by atoms with E-state index in [4.69, 9.17) is 31.8 Å². The van der Waals surface area contributed by atoms with Crippen molar-refractivity contribution in [3.8, 4) is 0 Å². The summed E-state index contributed by atoms with van der Waals surface area (Å²) in [5, 5.41) is -0.148. The van der Waals surface area contributed by atoms with Gasteiger partial charge in [-0.05, 0) is 18.6 Å². The topological polar surface area (TPSA) is 69.7 Å². The third-order valence-corrected chi connectivity index (χ3v) is 3.84. The fourth-order valence-corrected chi connectivity index (χ4v) is 2.62. The minimum Gasteiger partial charge on any atom is -0.460 e. The lowest BCUT2D eigenvalue weighted by Crippen LogP contribution is -2.14. The Morgan fingerprint density at radius 1 is 1.29 bits per heavy atom. The molecule has 0 fully saturated rings. The number of esters is 1. The minimum atomic E-state index is -4.36. The van der Waals surface area contributed by atoms with E-state index >= 15 is 0 Å². The molecular formula is C12H13Cl2FO5S. The number of halogens is 3.